The Labute approximate surface area is 91.4 Å². The van der Waals surface area contributed by atoms with Crippen LogP contribution in [0.2, 0.25) is 0 Å². The van der Waals surface area contributed by atoms with Crippen LogP contribution in [0.15, 0.2) is 0 Å². The van der Waals surface area contributed by atoms with Crippen LogP contribution in [0.4, 0.5) is 4.39 Å². The zero-order valence-corrected chi connectivity index (χ0v) is 9.36. The first kappa shape index (κ1) is 12.2. The minimum atomic E-state index is -0.823. The van der Waals surface area contributed by atoms with Gasteiger partial charge in [0.2, 0.25) is 0 Å². The van der Waals surface area contributed by atoms with Gasteiger partial charge in [0.05, 0.1) is 0 Å². The molecule has 0 radical (unpaired) electrons. The largest absolute Gasteiger partial charge is 0.330 e. The first-order valence-corrected chi connectivity index (χ1v) is 5.33. The summed E-state index contributed by atoms with van der Waals surface area (Å²) in [6, 6.07) is 0. The van der Waals surface area contributed by atoms with Gasteiger partial charge in [-0.15, -0.1) is 12.4 Å². The zero-order valence-electron chi connectivity index (χ0n) is 8.54. The van der Waals surface area contributed by atoms with Crippen LogP contribution in [0, 0.1) is 5.92 Å². The van der Waals surface area contributed by atoms with E-state index in [1.807, 2.05) is 0 Å². The van der Waals surface area contributed by atoms with Crippen LogP contribution in [0.25, 0.3) is 0 Å². The molecule has 0 spiro atoms. The van der Waals surface area contributed by atoms with Gasteiger partial charge in [-0.05, 0) is 44.7 Å². The summed E-state index contributed by atoms with van der Waals surface area (Å²) >= 11 is 0. The SMILES string of the molecule is Cl.NCC1CCCN(CC2(F)CC2)C1. The molecule has 2 N–H and O–H groups in total. The number of nitrogens with two attached hydrogens (primary N) is 1. The highest BCUT2D eigenvalue weighted by Crippen LogP contribution is 2.40. The number of hydrogen-bond acceptors (Lipinski definition) is 2. The van der Waals surface area contributed by atoms with E-state index in [0.717, 1.165) is 32.5 Å². The molecule has 2 fully saturated rings. The summed E-state index contributed by atoms with van der Waals surface area (Å²) in [4.78, 5) is 2.26. The molecule has 2 aliphatic rings. The van der Waals surface area contributed by atoms with Gasteiger partial charge in [0.1, 0.15) is 5.67 Å². The lowest BCUT2D eigenvalue weighted by Crippen LogP contribution is -2.41. The molecule has 14 heavy (non-hydrogen) atoms. The molecule has 1 saturated heterocycles. The standard InChI is InChI=1S/C10H19FN2.ClH/c11-10(3-4-10)8-13-5-1-2-9(6-12)7-13;/h9H,1-8,12H2;1H. The Morgan fingerprint density at radius 1 is 1.43 bits per heavy atom. The summed E-state index contributed by atoms with van der Waals surface area (Å²) in [5.74, 6) is 0.607. The van der Waals surface area contributed by atoms with Crippen molar-refractivity contribution < 1.29 is 4.39 Å². The van der Waals surface area contributed by atoms with Gasteiger partial charge in [0, 0.05) is 13.1 Å². The summed E-state index contributed by atoms with van der Waals surface area (Å²) < 4.78 is 13.4. The second-order valence-corrected chi connectivity index (χ2v) is 4.63. The van der Waals surface area contributed by atoms with Gasteiger partial charge >= 0.3 is 0 Å². The van der Waals surface area contributed by atoms with E-state index < -0.39 is 5.67 Å². The van der Waals surface area contributed by atoms with Crippen LogP contribution >= 0.6 is 12.4 Å². The monoisotopic (exact) mass is 222 g/mol. The molecule has 2 nitrogen and oxygen atoms in total. The van der Waals surface area contributed by atoms with Crippen molar-refractivity contribution in [2.24, 2.45) is 11.7 Å². The van der Waals surface area contributed by atoms with Crippen molar-refractivity contribution in [3.63, 3.8) is 0 Å². The van der Waals surface area contributed by atoms with Gasteiger partial charge in [0.15, 0.2) is 0 Å². The fourth-order valence-electron chi connectivity index (χ4n) is 2.18. The molecule has 0 bridgehead atoms. The van der Waals surface area contributed by atoms with E-state index in [0.29, 0.717) is 12.5 Å². The van der Waals surface area contributed by atoms with Gasteiger partial charge < -0.3 is 5.73 Å². The molecule has 2 rings (SSSR count). The van der Waals surface area contributed by atoms with Gasteiger partial charge in [-0.3, -0.25) is 4.90 Å². The predicted molar refractivity (Wildman–Crippen MR) is 58.5 cm³/mol. The summed E-state index contributed by atoms with van der Waals surface area (Å²) in [6.07, 6.45) is 3.97. The summed E-state index contributed by atoms with van der Waals surface area (Å²) in [5.41, 5.74) is 4.80. The first-order valence-electron chi connectivity index (χ1n) is 5.33. The molecule has 84 valence electrons. The number of nitrogens with zero attached hydrogens (tertiary/aromatic N) is 1. The summed E-state index contributed by atoms with van der Waals surface area (Å²) in [7, 11) is 0. The molecule has 0 aromatic heterocycles. The van der Waals surface area contributed by atoms with Gasteiger partial charge in [-0.25, -0.2) is 4.39 Å². The smallest absolute Gasteiger partial charge is 0.123 e. The van der Waals surface area contributed by atoms with Crippen molar-refractivity contribution in [1.82, 2.24) is 4.90 Å². The Balaban J connectivity index is 0.000000980. The highest BCUT2D eigenvalue weighted by atomic mass is 35.5. The third kappa shape index (κ3) is 3.07. The van der Waals surface area contributed by atoms with E-state index in [9.17, 15) is 4.39 Å². The number of likely N-dealkylation sites (tertiary alicyclic amines) is 1. The molecule has 1 saturated carbocycles. The number of piperidine rings is 1. The highest BCUT2D eigenvalue weighted by Gasteiger charge is 2.44. The van der Waals surface area contributed by atoms with Crippen molar-refractivity contribution >= 4 is 12.4 Å². The van der Waals surface area contributed by atoms with Crippen LogP contribution < -0.4 is 5.73 Å². The van der Waals surface area contributed by atoms with Crippen molar-refractivity contribution in [3.8, 4) is 0 Å². The molecule has 1 heterocycles. The van der Waals surface area contributed by atoms with Crippen molar-refractivity contribution in [1.29, 1.82) is 0 Å². The number of rotatable bonds is 3. The third-order valence-corrected chi connectivity index (χ3v) is 3.24. The Hall–Kier alpha value is 0.140. The fraction of sp³-hybridized carbons (Fsp3) is 1.00. The maximum absolute atomic E-state index is 13.4. The lowest BCUT2D eigenvalue weighted by Gasteiger charge is -2.32. The second kappa shape index (κ2) is 4.77. The van der Waals surface area contributed by atoms with E-state index in [1.54, 1.807) is 0 Å². The van der Waals surface area contributed by atoms with Crippen molar-refractivity contribution in [2.75, 3.05) is 26.2 Å². The topological polar surface area (TPSA) is 29.3 Å². The summed E-state index contributed by atoms with van der Waals surface area (Å²) in [5, 5.41) is 0. The van der Waals surface area contributed by atoms with Crippen LogP contribution in [0.1, 0.15) is 25.7 Å². The number of alkyl halides is 1. The van der Waals surface area contributed by atoms with Gasteiger partial charge in [-0.1, -0.05) is 0 Å². The highest BCUT2D eigenvalue weighted by molar-refractivity contribution is 5.85. The van der Waals surface area contributed by atoms with Crippen LogP contribution in [-0.2, 0) is 0 Å². The maximum atomic E-state index is 13.4. The fourth-order valence-corrected chi connectivity index (χ4v) is 2.18. The minimum absolute atomic E-state index is 0. The lowest BCUT2D eigenvalue weighted by molar-refractivity contribution is 0.125. The second-order valence-electron chi connectivity index (χ2n) is 4.63. The molecule has 0 aromatic carbocycles. The van der Waals surface area contributed by atoms with Crippen LogP contribution in [-0.4, -0.2) is 36.7 Å². The van der Waals surface area contributed by atoms with Gasteiger partial charge in [0.25, 0.3) is 0 Å². The van der Waals surface area contributed by atoms with E-state index in [1.165, 1.54) is 12.8 Å². The van der Waals surface area contributed by atoms with E-state index in [-0.39, 0.29) is 12.4 Å². The molecule has 1 atom stereocenters. The Morgan fingerprint density at radius 2 is 2.14 bits per heavy atom. The molecule has 0 amide bonds. The predicted octanol–water partition coefficient (Wildman–Crippen LogP) is 1.58. The van der Waals surface area contributed by atoms with E-state index in [4.69, 9.17) is 5.73 Å². The first-order chi connectivity index (χ1) is 6.22. The molecule has 1 unspecified atom stereocenters. The van der Waals surface area contributed by atoms with Gasteiger partial charge in [-0.2, -0.15) is 0 Å². The zero-order chi connectivity index (χ0) is 9.31. The van der Waals surface area contributed by atoms with Crippen LogP contribution in [0.3, 0.4) is 0 Å². The molecular weight excluding hydrogens is 203 g/mol. The average Bonchev–Trinajstić information content (AvgIpc) is 2.84. The molecule has 0 aromatic rings. The lowest BCUT2D eigenvalue weighted by atomic mass is 9.98. The molecule has 4 heteroatoms. The van der Waals surface area contributed by atoms with Crippen molar-refractivity contribution in [3.05, 3.63) is 0 Å². The molecule has 1 aliphatic carbocycles. The minimum Gasteiger partial charge on any atom is -0.330 e. The normalized spacial score (nSPS) is 30.9. The van der Waals surface area contributed by atoms with Crippen LogP contribution in [0.5, 0.6) is 0 Å². The quantitative estimate of drug-likeness (QED) is 0.786. The van der Waals surface area contributed by atoms with E-state index >= 15 is 0 Å². The third-order valence-electron chi connectivity index (χ3n) is 3.24. The average molecular weight is 223 g/mol. The maximum Gasteiger partial charge on any atom is 0.123 e. The van der Waals surface area contributed by atoms with Crippen molar-refractivity contribution in [2.45, 2.75) is 31.4 Å². The van der Waals surface area contributed by atoms with E-state index in [2.05, 4.69) is 4.90 Å². The number of hydrogen-bond donors (Lipinski definition) is 1. The Morgan fingerprint density at radius 3 is 2.71 bits per heavy atom. The summed E-state index contributed by atoms with van der Waals surface area (Å²) in [6.45, 7) is 3.50. The number of halogens is 2. The molecule has 1 aliphatic heterocycles. The Kier molecular flexibility index (Phi) is 4.16. The molecular formula is C10H20ClFN2. The Bertz CT molecular complexity index is 185.